The number of rotatable bonds is 4. The second-order valence-corrected chi connectivity index (χ2v) is 6.18. The third-order valence-corrected chi connectivity index (χ3v) is 4.34. The van der Waals surface area contributed by atoms with Crippen molar-refractivity contribution in [3.05, 3.63) is 29.8 Å². The number of ether oxygens (including phenoxy) is 3. The third kappa shape index (κ3) is 4.49. The predicted molar refractivity (Wildman–Crippen MR) is 90.8 cm³/mol. The van der Waals surface area contributed by atoms with Crippen LogP contribution >= 0.6 is 0 Å². The molecule has 1 fully saturated rings. The minimum atomic E-state index is -0.654. The van der Waals surface area contributed by atoms with Crippen LogP contribution in [0.15, 0.2) is 29.3 Å². The van der Waals surface area contributed by atoms with Gasteiger partial charge in [-0.15, -0.1) is 0 Å². The van der Waals surface area contributed by atoms with Crippen molar-refractivity contribution >= 4 is 18.0 Å². The number of carbonyl (C=O) groups is 2. The average Bonchev–Trinajstić information content (AvgIpc) is 3.12. The zero-order valence-corrected chi connectivity index (χ0v) is 14.2. The lowest BCUT2D eigenvalue weighted by Gasteiger charge is -2.22. The second kappa shape index (κ2) is 8.00. The normalized spacial score (nSPS) is 20.4. The maximum Gasteiger partial charge on any atom is 0.412 e. The monoisotopic (exact) mass is 346 g/mol. The zero-order valence-electron chi connectivity index (χ0n) is 14.2. The molecule has 25 heavy (non-hydrogen) atoms. The number of benzene rings is 1. The molecule has 0 spiro atoms. The van der Waals surface area contributed by atoms with Gasteiger partial charge in [0, 0.05) is 11.6 Å². The molecule has 3 rings (SSSR count). The standard InChI is InChI=1S/C18H22N2O5/c1-23-17(21)15-11-24-16(20-15)12-6-5-9-14(10-12)25-18(22)19-13-7-3-2-4-8-13/h5-6,9-10,13,15H,2-4,7-8,11H2,1H3,(H,19,22)/t15-/m0/s1. The van der Waals surface area contributed by atoms with Gasteiger partial charge in [0.15, 0.2) is 6.04 Å². The minimum Gasteiger partial charge on any atom is -0.475 e. The summed E-state index contributed by atoms with van der Waals surface area (Å²) in [6.45, 7) is 0.148. The summed E-state index contributed by atoms with van der Waals surface area (Å²) in [4.78, 5) is 27.7. The number of aliphatic imine (C=N–C) groups is 1. The van der Waals surface area contributed by atoms with Crippen molar-refractivity contribution in [1.29, 1.82) is 0 Å². The van der Waals surface area contributed by atoms with Crippen LogP contribution in [0.25, 0.3) is 0 Å². The average molecular weight is 346 g/mol. The smallest absolute Gasteiger partial charge is 0.412 e. The third-order valence-electron chi connectivity index (χ3n) is 4.34. The number of carbonyl (C=O) groups excluding carboxylic acids is 2. The summed E-state index contributed by atoms with van der Waals surface area (Å²) in [6.07, 6.45) is 5.04. The van der Waals surface area contributed by atoms with E-state index in [9.17, 15) is 9.59 Å². The van der Waals surface area contributed by atoms with Gasteiger partial charge in [-0.25, -0.2) is 14.6 Å². The molecule has 1 heterocycles. The summed E-state index contributed by atoms with van der Waals surface area (Å²) in [5, 5.41) is 2.90. The summed E-state index contributed by atoms with van der Waals surface area (Å²) in [5.41, 5.74) is 0.648. The second-order valence-electron chi connectivity index (χ2n) is 6.18. The first-order valence-corrected chi connectivity index (χ1v) is 8.53. The van der Waals surface area contributed by atoms with E-state index in [1.54, 1.807) is 24.3 Å². The van der Waals surface area contributed by atoms with Crippen LogP contribution in [0.1, 0.15) is 37.7 Å². The van der Waals surface area contributed by atoms with Crippen LogP contribution in [0.2, 0.25) is 0 Å². The first-order chi connectivity index (χ1) is 12.2. The molecule has 0 unspecified atom stereocenters. The van der Waals surface area contributed by atoms with E-state index in [1.807, 2.05) is 0 Å². The van der Waals surface area contributed by atoms with E-state index in [-0.39, 0.29) is 12.6 Å². The summed E-state index contributed by atoms with van der Waals surface area (Å²) in [6, 6.07) is 6.42. The Labute approximate surface area is 146 Å². The van der Waals surface area contributed by atoms with Crippen molar-refractivity contribution in [2.24, 2.45) is 4.99 Å². The van der Waals surface area contributed by atoms with Gasteiger partial charge in [-0.1, -0.05) is 25.3 Å². The molecule has 7 heteroatoms. The lowest BCUT2D eigenvalue weighted by atomic mass is 9.96. The van der Waals surface area contributed by atoms with Crippen LogP contribution in [-0.2, 0) is 14.3 Å². The quantitative estimate of drug-likeness (QED) is 0.846. The highest BCUT2D eigenvalue weighted by molar-refractivity contribution is 5.98. The Morgan fingerprint density at radius 1 is 1.24 bits per heavy atom. The molecule has 1 aromatic rings. The molecule has 0 radical (unpaired) electrons. The maximum absolute atomic E-state index is 12.0. The highest BCUT2D eigenvalue weighted by atomic mass is 16.6. The van der Waals surface area contributed by atoms with Crippen molar-refractivity contribution in [1.82, 2.24) is 5.32 Å². The van der Waals surface area contributed by atoms with Crippen molar-refractivity contribution in [2.45, 2.75) is 44.2 Å². The van der Waals surface area contributed by atoms with Crippen molar-refractivity contribution in [3.8, 4) is 5.75 Å². The van der Waals surface area contributed by atoms with Crippen LogP contribution in [0.4, 0.5) is 4.79 Å². The maximum atomic E-state index is 12.0. The molecule has 1 atom stereocenters. The molecule has 0 aromatic heterocycles. The molecule has 1 aliphatic carbocycles. The highest BCUT2D eigenvalue weighted by Gasteiger charge is 2.27. The van der Waals surface area contributed by atoms with Crippen molar-refractivity contribution < 1.29 is 23.8 Å². The van der Waals surface area contributed by atoms with Gasteiger partial charge in [0.1, 0.15) is 12.4 Å². The van der Waals surface area contributed by atoms with Crippen LogP contribution in [0, 0.1) is 0 Å². The molecule has 7 nitrogen and oxygen atoms in total. The van der Waals surface area contributed by atoms with Crippen LogP contribution in [0.3, 0.4) is 0 Å². The number of hydrogen-bond donors (Lipinski definition) is 1. The minimum absolute atomic E-state index is 0.148. The summed E-state index contributed by atoms with van der Waals surface area (Å²) < 4.78 is 15.5. The fourth-order valence-electron chi connectivity index (χ4n) is 3.03. The first-order valence-electron chi connectivity index (χ1n) is 8.53. The van der Waals surface area contributed by atoms with E-state index in [2.05, 4.69) is 15.0 Å². The zero-order chi connectivity index (χ0) is 17.6. The molecule has 1 saturated carbocycles. The van der Waals surface area contributed by atoms with Gasteiger partial charge in [-0.2, -0.15) is 0 Å². The number of esters is 1. The first kappa shape index (κ1) is 17.3. The van der Waals surface area contributed by atoms with Crippen LogP contribution in [0.5, 0.6) is 5.75 Å². The molecular weight excluding hydrogens is 324 g/mol. The fraction of sp³-hybridized carbons (Fsp3) is 0.500. The molecular formula is C18H22N2O5. The van der Waals surface area contributed by atoms with Gasteiger partial charge in [0.25, 0.3) is 0 Å². The van der Waals surface area contributed by atoms with Gasteiger partial charge in [0.2, 0.25) is 5.90 Å². The van der Waals surface area contributed by atoms with Gasteiger partial charge in [-0.3, -0.25) is 0 Å². The Balaban J connectivity index is 1.61. The molecule has 0 bridgehead atoms. The highest BCUT2D eigenvalue weighted by Crippen LogP contribution is 2.20. The Kier molecular flexibility index (Phi) is 5.53. The molecule has 1 aliphatic heterocycles. The Morgan fingerprint density at radius 3 is 2.80 bits per heavy atom. The number of methoxy groups -OCH3 is 1. The van der Waals surface area contributed by atoms with E-state index in [0.717, 1.165) is 25.7 Å². The SMILES string of the molecule is COC(=O)[C@@H]1COC(c2cccc(OC(=O)NC3CCCCC3)c2)=N1. The lowest BCUT2D eigenvalue weighted by molar-refractivity contribution is -0.142. The molecule has 1 N–H and O–H groups in total. The van der Waals surface area contributed by atoms with Gasteiger partial charge >= 0.3 is 12.1 Å². The van der Waals surface area contributed by atoms with Gasteiger partial charge in [-0.05, 0) is 31.0 Å². The summed E-state index contributed by atoms with van der Waals surface area (Å²) >= 11 is 0. The van der Waals surface area contributed by atoms with Gasteiger partial charge < -0.3 is 19.5 Å². The van der Waals surface area contributed by atoms with Crippen molar-refractivity contribution in [2.75, 3.05) is 13.7 Å². The molecule has 0 saturated heterocycles. The lowest BCUT2D eigenvalue weighted by Crippen LogP contribution is -2.38. The number of amides is 1. The number of nitrogens with zero attached hydrogens (tertiary/aromatic N) is 1. The predicted octanol–water partition coefficient (Wildman–Crippen LogP) is 2.43. The molecule has 134 valence electrons. The van der Waals surface area contributed by atoms with Crippen LogP contribution < -0.4 is 10.1 Å². The van der Waals surface area contributed by atoms with E-state index >= 15 is 0 Å². The summed E-state index contributed by atoms with van der Waals surface area (Å²) in [5.74, 6) is 0.307. The van der Waals surface area contributed by atoms with E-state index in [0.29, 0.717) is 17.2 Å². The fourth-order valence-corrected chi connectivity index (χ4v) is 3.03. The largest absolute Gasteiger partial charge is 0.475 e. The Morgan fingerprint density at radius 2 is 2.04 bits per heavy atom. The Hall–Kier alpha value is -2.57. The van der Waals surface area contributed by atoms with E-state index in [1.165, 1.54) is 13.5 Å². The molecule has 2 aliphatic rings. The number of hydrogen-bond acceptors (Lipinski definition) is 6. The summed E-state index contributed by atoms with van der Waals surface area (Å²) in [7, 11) is 1.31. The van der Waals surface area contributed by atoms with Crippen molar-refractivity contribution in [3.63, 3.8) is 0 Å². The topological polar surface area (TPSA) is 86.2 Å². The molecule has 1 amide bonds. The van der Waals surface area contributed by atoms with Crippen LogP contribution in [-0.4, -0.2) is 43.8 Å². The number of nitrogens with one attached hydrogen (secondary N) is 1. The Bertz CT molecular complexity index is 667. The van der Waals surface area contributed by atoms with E-state index in [4.69, 9.17) is 9.47 Å². The van der Waals surface area contributed by atoms with Gasteiger partial charge in [0.05, 0.1) is 7.11 Å². The molecule has 1 aromatic carbocycles. The van der Waals surface area contributed by atoms with E-state index < -0.39 is 18.1 Å².